The van der Waals surface area contributed by atoms with E-state index in [1.807, 2.05) is 13.2 Å². The molecule has 0 spiro atoms. The van der Waals surface area contributed by atoms with Crippen molar-refractivity contribution in [3.63, 3.8) is 0 Å². The molecule has 0 atom stereocenters. The van der Waals surface area contributed by atoms with Crippen molar-refractivity contribution in [3.05, 3.63) is 34.6 Å². The van der Waals surface area contributed by atoms with Gasteiger partial charge >= 0.3 is 0 Å². The van der Waals surface area contributed by atoms with Gasteiger partial charge in [-0.25, -0.2) is 14.4 Å². The fourth-order valence-corrected chi connectivity index (χ4v) is 2.42. The standard InChI is InChI=1S/C13H14BrFN4S/c1-3-16-10-7-11(19-13(18-10)20-2)17-12-8(14)5-4-6-9(12)15/h4-7H,3H2,1-2H3,(H2,16,17,18,19). The second kappa shape index (κ2) is 6.90. The number of rotatable bonds is 5. The summed E-state index contributed by atoms with van der Waals surface area (Å²) in [5.41, 5.74) is 0.362. The fourth-order valence-electron chi connectivity index (χ4n) is 1.60. The van der Waals surface area contributed by atoms with Gasteiger partial charge in [0.15, 0.2) is 5.16 Å². The van der Waals surface area contributed by atoms with Gasteiger partial charge in [0.1, 0.15) is 17.5 Å². The van der Waals surface area contributed by atoms with Crippen molar-refractivity contribution in [2.75, 3.05) is 23.4 Å². The SMILES string of the molecule is CCNc1cc(Nc2c(F)cccc2Br)nc(SC)n1. The van der Waals surface area contributed by atoms with Crippen LogP contribution in [0, 0.1) is 5.82 Å². The number of nitrogens with zero attached hydrogens (tertiary/aromatic N) is 2. The van der Waals surface area contributed by atoms with E-state index < -0.39 is 0 Å². The van der Waals surface area contributed by atoms with Gasteiger partial charge in [-0.1, -0.05) is 17.8 Å². The summed E-state index contributed by atoms with van der Waals surface area (Å²) in [5, 5.41) is 6.74. The minimum Gasteiger partial charge on any atom is -0.370 e. The highest BCUT2D eigenvalue weighted by Crippen LogP contribution is 2.29. The number of aromatic nitrogens is 2. The number of nitrogens with one attached hydrogen (secondary N) is 2. The van der Waals surface area contributed by atoms with Crippen molar-refractivity contribution in [1.29, 1.82) is 0 Å². The topological polar surface area (TPSA) is 49.8 Å². The van der Waals surface area contributed by atoms with Crippen LogP contribution in [0.25, 0.3) is 0 Å². The molecule has 0 radical (unpaired) electrons. The molecule has 20 heavy (non-hydrogen) atoms. The molecule has 0 aliphatic heterocycles. The molecule has 1 heterocycles. The molecule has 7 heteroatoms. The monoisotopic (exact) mass is 356 g/mol. The lowest BCUT2D eigenvalue weighted by Crippen LogP contribution is -2.04. The van der Waals surface area contributed by atoms with Crippen LogP contribution in [0.5, 0.6) is 0 Å². The van der Waals surface area contributed by atoms with Crippen LogP contribution in [0.15, 0.2) is 33.9 Å². The molecule has 0 aliphatic carbocycles. The minimum absolute atomic E-state index is 0.339. The summed E-state index contributed by atoms with van der Waals surface area (Å²) < 4.78 is 14.5. The van der Waals surface area contributed by atoms with E-state index in [0.29, 0.717) is 27.0 Å². The van der Waals surface area contributed by atoms with E-state index in [4.69, 9.17) is 0 Å². The molecule has 2 rings (SSSR count). The van der Waals surface area contributed by atoms with Crippen LogP contribution in [0.4, 0.5) is 21.7 Å². The molecule has 0 aliphatic rings. The molecule has 0 bridgehead atoms. The van der Waals surface area contributed by atoms with E-state index in [1.54, 1.807) is 18.2 Å². The van der Waals surface area contributed by atoms with Gasteiger partial charge in [-0.2, -0.15) is 0 Å². The predicted molar refractivity (Wildman–Crippen MR) is 85.4 cm³/mol. The number of thioether (sulfide) groups is 1. The Morgan fingerprint density at radius 3 is 2.70 bits per heavy atom. The molecule has 4 nitrogen and oxygen atoms in total. The summed E-state index contributed by atoms with van der Waals surface area (Å²) in [7, 11) is 0. The number of halogens is 2. The van der Waals surface area contributed by atoms with Gasteiger partial charge in [-0.15, -0.1) is 0 Å². The first-order valence-corrected chi connectivity index (χ1v) is 8.03. The van der Waals surface area contributed by atoms with Crippen LogP contribution < -0.4 is 10.6 Å². The van der Waals surface area contributed by atoms with E-state index in [2.05, 4.69) is 36.5 Å². The Kier molecular flexibility index (Phi) is 5.19. The molecular weight excluding hydrogens is 343 g/mol. The Morgan fingerprint density at radius 2 is 2.05 bits per heavy atom. The van der Waals surface area contributed by atoms with E-state index in [1.165, 1.54) is 17.8 Å². The molecule has 1 aromatic heterocycles. The molecule has 1 aromatic carbocycles. The molecule has 0 amide bonds. The van der Waals surface area contributed by atoms with Crippen molar-refractivity contribution in [1.82, 2.24) is 9.97 Å². The average molecular weight is 357 g/mol. The highest BCUT2D eigenvalue weighted by atomic mass is 79.9. The highest BCUT2D eigenvalue weighted by Gasteiger charge is 2.09. The Labute approximate surface area is 129 Å². The van der Waals surface area contributed by atoms with E-state index in [-0.39, 0.29) is 5.82 Å². The second-order valence-electron chi connectivity index (χ2n) is 3.88. The molecule has 0 unspecified atom stereocenters. The molecule has 0 saturated heterocycles. The van der Waals surface area contributed by atoms with Crippen LogP contribution in [0.1, 0.15) is 6.92 Å². The van der Waals surface area contributed by atoms with Crippen molar-refractivity contribution in [2.45, 2.75) is 12.1 Å². The summed E-state index contributed by atoms with van der Waals surface area (Å²) >= 11 is 4.76. The quantitative estimate of drug-likeness (QED) is 0.618. The number of anilines is 3. The van der Waals surface area contributed by atoms with Crippen molar-refractivity contribution >= 4 is 45.0 Å². The summed E-state index contributed by atoms with van der Waals surface area (Å²) in [6.07, 6.45) is 1.90. The van der Waals surface area contributed by atoms with Crippen molar-refractivity contribution < 1.29 is 4.39 Å². The Hall–Kier alpha value is -1.34. The predicted octanol–water partition coefficient (Wildman–Crippen LogP) is 4.28. The van der Waals surface area contributed by atoms with Crippen LogP contribution in [0.3, 0.4) is 0 Å². The summed E-state index contributed by atoms with van der Waals surface area (Å²) in [4.78, 5) is 8.65. The summed E-state index contributed by atoms with van der Waals surface area (Å²) in [5.74, 6) is 0.918. The van der Waals surface area contributed by atoms with Crippen LogP contribution in [-0.4, -0.2) is 22.8 Å². The second-order valence-corrected chi connectivity index (χ2v) is 5.50. The maximum atomic E-state index is 13.8. The normalized spacial score (nSPS) is 10.4. The molecule has 0 saturated carbocycles. The van der Waals surface area contributed by atoms with Crippen LogP contribution in [-0.2, 0) is 0 Å². The van der Waals surface area contributed by atoms with Gasteiger partial charge in [-0.05, 0) is 41.2 Å². The zero-order valence-electron chi connectivity index (χ0n) is 11.1. The zero-order valence-corrected chi connectivity index (χ0v) is 13.5. The first kappa shape index (κ1) is 15.1. The molecular formula is C13H14BrFN4S. The third kappa shape index (κ3) is 3.61. The smallest absolute Gasteiger partial charge is 0.191 e. The number of para-hydroxylation sites is 1. The third-order valence-electron chi connectivity index (χ3n) is 2.46. The summed E-state index contributed by atoms with van der Waals surface area (Å²) in [6.45, 7) is 2.75. The minimum atomic E-state index is -0.339. The third-order valence-corrected chi connectivity index (χ3v) is 3.67. The molecule has 106 valence electrons. The van der Waals surface area contributed by atoms with Gasteiger partial charge in [0.25, 0.3) is 0 Å². The Balaban J connectivity index is 2.35. The largest absolute Gasteiger partial charge is 0.370 e. The molecule has 0 fully saturated rings. The lowest BCUT2D eigenvalue weighted by molar-refractivity contribution is 0.631. The molecule has 2 aromatic rings. The van der Waals surface area contributed by atoms with Gasteiger partial charge < -0.3 is 10.6 Å². The number of hydrogen-bond acceptors (Lipinski definition) is 5. The molecule has 2 N–H and O–H groups in total. The van der Waals surface area contributed by atoms with Gasteiger partial charge in [0.2, 0.25) is 0 Å². The maximum Gasteiger partial charge on any atom is 0.191 e. The van der Waals surface area contributed by atoms with Crippen LogP contribution in [0.2, 0.25) is 0 Å². The Morgan fingerprint density at radius 1 is 1.30 bits per heavy atom. The maximum absolute atomic E-state index is 13.8. The lowest BCUT2D eigenvalue weighted by Gasteiger charge is -2.11. The van der Waals surface area contributed by atoms with Crippen LogP contribution >= 0.6 is 27.7 Å². The summed E-state index contributed by atoms with van der Waals surface area (Å²) in [6, 6.07) is 6.56. The number of benzene rings is 1. The fraction of sp³-hybridized carbons (Fsp3) is 0.231. The lowest BCUT2D eigenvalue weighted by atomic mass is 10.3. The van der Waals surface area contributed by atoms with E-state index in [9.17, 15) is 4.39 Å². The number of hydrogen-bond donors (Lipinski definition) is 2. The van der Waals surface area contributed by atoms with Gasteiger partial charge in [-0.3, -0.25) is 0 Å². The van der Waals surface area contributed by atoms with E-state index in [0.717, 1.165) is 6.54 Å². The van der Waals surface area contributed by atoms with Crippen molar-refractivity contribution in [2.24, 2.45) is 0 Å². The van der Waals surface area contributed by atoms with Gasteiger partial charge in [0, 0.05) is 17.1 Å². The highest BCUT2D eigenvalue weighted by molar-refractivity contribution is 9.10. The van der Waals surface area contributed by atoms with Crippen molar-refractivity contribution in [3.8, 4) is 0 Å². The van der Waals surface area contributed by atoms with Gasteiger partial charge in [0.05, 0.1) is 5.69 Å². The first-order valence-electron chi connectivity index (χ1n) is 6.02. The average Bonchev–Trinajstić information content (AvgIpc) is 2.43. The zero-order chi connectivity index (χ0) is 14.5. The first-order chi connectivity index (χ1) is 9.63. The van der Waals surface area contributed by atoms with E-state index >= 15 is 0 Å². The Bertz CT molecular complexity index is 589.